The summed E-state index contributed by atoms with van der Waals surface area (Å²) in [6.07, 6.45) is 0. The van der Waals surface area contributed by atoms with Gasteiger partial charge in [0.05, 0.1) is 23.7 Å². The maximum atomic E-state index is 12.0. The Kier molecular flexibility index (Phi) is 7.36. The van der Waals surface area contributed by atoms with E-state index in [1.165, 1.54) is 0 Å². The zero-order chi connectivity index (χ0) is 24.1. The van der Waals surface area contributed by atoms with Crippen LogP contribution in [-0.4, -0.2) is 57.9 Å². The molecule has 8 nitrogen and oxygen atoms in total. The van der Waals surface area contributed by atoms with Crippen molar-refractivity contribution in [3.8, 4) is 6.07 Å². The second-order valence-corrected chi connectivity index (χ2v) is 9.14. The highest BCUT2D eigenvalue weighted by molar-refractivity contribution is 5.91. The molecule has 1 aromatic heterocycles. The van der Waals surface area contributed by atoms with Crippen LogP contribution in [0.25, 0.3) is 10.9 Å². The summed E-state index contributed by atoms with van der Waals surface area (Å²) < 4.78 is 0. The summed E-state index contributed by atoms with van der Waals surface area (Å²) in [5.41, 5.74) is 8.33. The molecule has 0 spiro atoms. The van der Waals surface area contributed by atoms with E-state index >= 15 is 0 Å². The topological polar surface area (TPSA) is 111 Å². The average Bonchev–Trinajstić information content (AvgIpc) is 2.83. The first kappa shape index (κ1) is 23.6. The van der Waals surface area contributed by atoms with Gasteiger partial charge in [0.15, 0.2) is 0 Å². The molecule has 4 rings (SSSR count). The minimum absolute atomic E-state index is 0.0385. The highest BCUT2D eigenvalue weighted by atomic mass is 16.1. The van der Waals surface area contributed by atoms with Crippen LogP contribution < -0.4 is 11.1 Å². The third kappa shape index (κ3) is 5.68. The van der Waals surface area contributed by atoms with Crippen molar-refractivity contribution in [1.82, 2.24) is 19.8 Å². The number of benzene rings is 2. The molecule has 1 aliphatic heterocycles. The van der Waals surface area contributed by atoms with Crippen LogP contribution in [0.4, 0.5) is 5.82 Å². The second kappa shape index (κ2) is 10.6. The Morgan fingerprint density at radius 2 is 1.76 bits per heavy atom. The molecule has 8 heteroatoms. The SMILES string of the molecule is CC(C)[C@H](Nc1nc(CN2CCN(Cc3cccc(C#N)c3)CC2)nc2ccccc12)C(N)=O. The van der Waals surface area contributed by atoms with E-state index in [0.29, 0.717) is 17.9 Å². The molecule has 1 amide bonds. The predicted molar refractivity (Wildman–Crippen MR) is 133 cm³/mol. The van der Waals surface area contributed by atoms with Gasteiger partial charge in [0.25, 0.3) is 0 Å². The van der Waals surface area contributed by atoms with E-state index in [2.05, 4.69) is 27.3 Å². The van der Waals surface area contributed by atoms with Gasteiger partial charge in [-0.15, -0.1) is 0 Å². The molecule has 2 aromatic carbocycles. The van der Waals surface area contributed by atoms with Crippen LogP contribution in [0.5, 0.6) is 0 Å². The van der Waals surface area contributed by atoms with Crippen LogP contribution in [0.15, 0.2) is 48.5 Å². The van der Waals surface area contributed by atoms with Crippen molar-refractivity contribution in [2.24, 2.45) is 11.7 Å². The Labute approximate surface area is 200 Å². The molecule has 34 heavy (non-hydrogen) atoms. The maximum absolute atomic E-state index is 12.0. The zero-order valence-electron chi connectivity index (χ0n) is 19.7. The van der Waals surface area contributed by atoms with E-state index in [0.717, 1.165) is 55.0 Å². The lowest BCUT2D eigenvalue weighted by Crippen LogP contribution is -2.45. The first-order valence-electron chi connectivity index (χ1n) is 11.7. The number of nitrogens with one attached hydrogen (secondary N) is 1. The number of anilines is 1. The van der Waals surface area contributed by atoms with Gasteiger partial charge in [0, 0.05) is 38.1 Å². The van der Waals surface area contributed by atoms with E-state index in [9.17, 15) is 4.79 Å². The summed E-state index contributed by atoms with van der Waals surface area (Å²) in [5, 5.41) is 13.3. The van der Waals surface area contributed by atoms with E-state index in [-0.39, 0.29) is 5.92 Å². The molecule has 0 unspecified atom stereocenters. The van der Waals surface area contributed by atoms with Gasteiger partial charge in [-0.25, -0.2) is 9.97 Å². The molecule has 1 atom stereocenters. The number of amides is 1. The van der Waals surface area contributed by atoms with Gasteiger partial charge < -0.3 is 11.1 Å². The van der Waals surface area contributed by atoms with Crippen molar-refractivity contribution in [1.29, 1.82) is 5.26 Å². The minimum Gasteiger partial charge on any atom is -0.368 e. The fourth-order valence-corrected chi connectivity index (χ4v) is 4.32. The second-order valence-electron chi connectivity index (χ2n) is 9.14. The quantitative estimate of drug-likeness (QED) is 0.535. The van der Waals surface area contributed by atoms with Gasteiger partial charge in [-0.2, -0.15) is 5.26 Å². The van der Waals surface area contributed by atoms with Crippen molar-refractivity contribution in [3.63, 3.8) is 0 Å². The first-order valence-corrected chi connectivity index (χ1v) is 11.7. The van der Waals surface area contributed by atoms with Gasteiger partial charge in [0.1, 0.15) is 17.7 Å². The number of nitriles is 1. The molecule has 1 aliphatic rings. The van der Waals surface area contributed by atoms with Crippen LogP contribution in [0.2, 0.25) is 0 Å². The number of nitrogens with two attached hydrogens (primary N) is 1. The predicted octanol–water partition coefficient (Wildman–Crippen LogP) is 2.74. The molecular formula is C26H31N7O. The number of carbonyl (C=O) groups is 1. The Hall–Kier alpha value is -3.54. The molecular weight excluding hydrogens is 426 g/mol. The normalized spacial score (nSPS) is 15.8. The Balaban J connectivity index is 1.44. The third-order valence-electron chi connectivity index (χ3n) is 6.21. The molecule has 0 radical (unpaired) electrons. The fourth-order valence-electron chi connectivity index (χ4n) is 4.32. The lowest BCUT2D eigenvalue weighted by Gasteiger charge is -2.34. The zero-order valence-corrected chi connectivity index (χ0v) is 19.7. The van der Waals surface area contributed by atoms with Crippen LogP contribution in [-0.2, 0) is 17.9 Å². The van der Waals surface area contributed by atoms with Crippen LogP contribution in [0.1, 0.15) is 30.8 Å². The van der Waals surface area contributed by atoms with Crippen LogP contribution >= 0.6 is 0 Å². The van der Waals surface area contributed by atoms with Gasteiger partial charge in [-0.05, 0) is 35.7 Å². The molecule has 0 saturated carbocycles. The number of hydrogen-bond donors (Lipinski definition) is 2. The van der Waals surface area contributed by atoms with Gasteiger partial charge in [-0.3, -0.25) is 14.6 Å². The van der Waals surface area contributed by atoms with Crippen molar-refractivity contribution in [3.05, 3.63) is 65.5 Å². The first-order chi connectivity index (χ1) is 16.4. The number of piperazine rings is 1. The number of rotatable bonds is 8. The Morgan fingerprint density at radius 1 is 1.06 bits per heavy atom. The third-order valence-corrected chi connectivity index (χ3v) is 6.21. The van der Waals surface area contributed by atoms with Crippen molar-refractivity contribution < 1.29 is 4.79 Å². The van der Waals surface area contributed by atoms with Gasteiger partial charge in [-0.1, -0.05) is 38.1 Å². The average molecular weight is 458 g/mol. The molecule has 0 bridgehead atoms. The summed E-state index contributed by atoms with van der Waals surface area (Å²) in [5.74, 6) is 1.02. The Morgan fingerprint density at radius 3 is 2.44 bits per heavy atom. The smallest absolute Gasteiger partial charge is 0.240 e. The number of hydrogen-bond acceptors (Lipinski definition) is 7. The van der Waals surface area contributed by atoms with Gasteiger partial charge >= 0.3 is 0 Å². The molecule has 0 aliphatic carbocycles. The maximum Gasteiger partial charge on any atom is 0.240 e. The highest BCUT2D eigenvalue weighted by Crippen LogP contribution is 2.23. The number of fused-ring (bicyclic) bond motifs is 1. The number of primary amides is 1. The summed E-state index contributed by atoms with van der Waals surface area (Å²) in [6, 6.07) is 17.3. The monoisotopic (exact) mass is 457 g/mol. The van der Waals surface area contributed by atoms with E-state index < -0.39 is 11.9 Å². The number of nitrogens with zero attached hydrogens (tertiary/aromatic N) is 5. The molecule has 3 aromatic rings. The lowest BCUT2D eigenvalue weighted by molar-refractivity contribution is -0.119. The van der Waals surface area contributed by atoms with Crippen LogP contribution in [0, 0.1) is 17.2 Å². The standard InChI is InChI=1S/C26H31N7O/c1-18(2)24(25(28)34)31-26-21-8-3-4-9-22(21)29-23(30-26)17-33-12-10-32(11-13-33)16-20-7-5-6-19(14-20)15-27/h3-9,14,18,24H,10-13,16-17H2,1-2H3,(H2,28,34)(H,29,30,31)/t24-/m0/s1. The summed E-state index contributed by atoms with van der Waals surface area (Å²) in [7, 11) is 0. The van der Waals surface area contributed by atoms with Crippen molar-refractivity contribution in [2.45, 2.75) is 33.0 Å². The fraction of sp³-hybridized carbons (Fsp3) is 0.385. The van der Waals surface area contributed by atoms with E-state index in [4.69, 9.17) is 21.0 Å². The lowest BCUT2D eigenvalue weighted by atomic mass is 10.0. The van der Waals surface area contributed by atoms with Gasteiger partial charge in [0.2, 0.25) is 5.91 Å². The highest BCUT2D eigenvalue weighted by Gasteiger charge is 2.22. The van der Waals surface area contributed by atoms with Crippen molar-refractivity contribution in [2.75, 3.05) is 31.5 Å². The number of carbonyl (C=O) groups excluding carboxylic acids is 1. The molecule has 3 N–H and O–H groups in total. The van der Waals surface area contributed by atoms with Crippen molar-refractivity contribution >= 4 is 22.6 Å². The Bertz CT molecular complexity index is 1200. The summed E-state index contributed by atoms with van der Waals surface area (Å²) in [6.45, 7) is 9.10. The molecule has 176 valence electrons. The number of para-hydroxylation sites is 1. The number of aromatic nitrogens is 2. The summed E-state index contributed by atoms with van der Waals surface area (Å²) in [4.78, 5) is 26.3. The minimum atomic E-state index is -0.505. The molecule has 2 heterocycles. The van der Waals surface area contributed by atoms with E-state index in [1.807, 2.05) is 56.3 Å². The van der Waals surface area contributed by atoms with E-state index in [1.54, 1.807) is 0 Å². The molecule has 1 saturated heterocycles. The summed E-state index contributed by atoms with van der Waals surface area (Å²) >= 11 is 0. The van der Waals surface area contributed by atoms with Crippen LogP contribution in [0.3, 0.4) is 0 Å². The molecule has 1 fully saturated rings. The largest absolute Gasteiger partial charge is 0.368 e.